The van der Waals surface area contributed by atoms with Gasteiger partial charge < -0.3 is 5.11 Å². The Kier molecular flexibility index (Phi) is 7.86. The van der Waals surface area contributed by atoms with Crippen LogP contribution in [0.4, 0.5) is 0 Å². The topological polar surface area (TPSA) is 97.1 Å². The number of H-pyrrole nitrogens is 1. The molecule has 7 nitrogen and oxygen atoms in total. The van der Waals surface area contributed by atoms with Gasteiger partial charge in [-0.3, -0.25) is 4.79 Å². The van der Waals surface area contributed by atoms with Gasteiger partial charge in [-0.1, -0.05) is 47.2 Å². The number of nitrogens with zero attached hydrogens (tertiary/aromatic N) is 3. The zero-order chi connectivity index (χ0) is 22.2. The summed E-state index contributed by atoms with van der Waals surface area (Å²) in [5.41, 5.74) is 4.45. The van der Waals surface area contributed by atoms with E-state index in [1.165, 1.54) is 18.0 Å². The second-order valence-corrected chi connectivity index (χ2v) is 7.90. The molecule has 1 amide bonds. The molecule has 2 N–H and O–H groups in total. The molecule has 3 rings (SSSR count). The van der Waals surface area contributed by atoms with Crippen LogP contribution >= 0.6 is 23.4 Å². The molecule has 1 heterocycles. The van der Waals surface area contributed by atoms with Crippen LogP contribution < -0.4 is 15.1 Å². The third-order valence-electron chi connectivity index (χ3n) is 4.41. The first kappa shape index (κ1) is 22.6. The number of hydrogen-bond donors (Lipinski definition) is 2. The van der Waals surface area contributed by atoms with Gasteiger partial charge in [-0.05, 0) is 54.9 Å². The van der Waals surface area contributed by atoms with Crippen molar-refractivity contribution in [2.45, 2.75) is 25.0 Å². The van der Waals surface area contributed by atoms with Crippen molar-refractivity contribution >= 4 is 35.5 Å². The average Bonchev–Trinajstić information content (AvgIpc) is 3.18. The minimum Gasteiger partial charge on any atom is -0.872 e. The van der Waals surface area contributed by atoms with E-state index >= 15 is 0 Å². The van der Waals surface area contributed by atoms with Gasteiger partial charge in [-0.15, -0.1) is 11.7 Å². The summed E-state index contributed by atoms with van der Waals surface area (Å²) in [5.74, 6) is 0.547. The van der Waals surface area contributed by atoms with E-state index in [4.69, 9.17) is 11.6 Å². The summed E-state index contributed by atoms with van der Waals surface area (Å²) < 4.78 is 1.99. The highest BCUT2D eigenvalue weighted by atomic mass is 35.5. The average molecular weight is 456 g/mol. The third kappa shape index (κ3) is 5.74. The maximum absolute atomic E-state index is 12.3. The lowest BCUT2D eigenvalue weighted by molar-refractivity contribution is -0.719. The fourth-order valence-corrected chi connectivity index (χ4v) is 3.84. The maximum atomic E-state index is 12.3. The number of para-hydroxylation sites is 1. The van der Waals surface area contributed by atoms with Gasteiger partial charge in [-0.25, -0.2) is 9.99 Å². The smallest absolute Gasteiger partial charge is 0.337 e. The molecule has 1 aromatic heterocycles. The molecule has 0 aliphatic rings. The Bertz CT molecular complexity index is 1100. The molecule has 3 aromatic rings. The molecular formula is C22H22ClN5O2S. The van der Waals surface area contributed by atoms with E-state index in [9.17, 15) is 9.90 Å². The van der Waals surface area contributed by atoms with Crippen molar-refractivity contribution in [3.63, 3.8) is 0 Å². The van der Waals surface area contributed by atoms with E-state index in [1.54, 1.807) is 24.3 Å². The van der Waals surface area contributed by atoms with Gasteiger partial charge in [0.05, 0.1) is 29.2 Å². The lowest BCUT2D eigenvalue weighted by Crippen LogP contribution is -2.36. The highest BCUT2D eigenvalue weighted by Gasteiger charge is 2.21. The summed E-state index contributed by atoms with van der Waals surface area (Å²) in [5, 5.41) is 24.9. The van der Waals surface area contributed by atoms with Crippen LogP contribution in [0.2, 0.25) is 5.02 Å². The molecule has 31 heavy (non-hydrogen) atoms. The minimum absolute atomic E-state index is 0.120. The normalized spacial score (nSPS) is 11.0. The Morgan fingerprint density at radius 2 is 2.13 bits per heavy atom. The van der Waals surface area contributed by atoms with E-state index in [-0.39, 0.29) is 17.4 Å². The Labute approximate surface area is 189 Å². The summed E-state index contributed by atoms with van der Waals surface area (Å²) in [6, 6.07) is 12.6. The Hall–Kier alpha value is -3.10. The van der Waals surface area contributed by atoms with E-state index in [0.717, 1.165) is 11.4 Å². The van der Waals surface area contributed by atoms with Crippen molar-refractivity contribution in [1.29, 1.82) is 0 Å². The molecule has 9 heteroatoms. The van der Waals surface area contributed by atoms with Gasteiger partial charge in [0.2, 0.25) is 0 Å². The van der Waals surface area contributed by atoms with E-state index in [2.05, 4.69) is 27.3 Å². The molecular weight excluding hydrogens is 434 g/mol. The SMILES string of the molecule is C=CCc1cccc(C=NNC(=O)CSc2n[nH]c(-c3ccc(Cl)cc3)[n+]2CC)c1[O-]. The highest BCUT2D eigenvalue weighted by molar-refractivity contribution is 7.99. The summed E-state index contributed by atoms with van der Waals surface area (Å²) in [4.78, 5) is 12.2. The number of aromatic nitrogens is 3. The number of rotatable bonds is 9. The van der Waals surface area contributed by atoms with Crippen LogP contribution in [-0.4, -0.2) is 28.1 Å². The number of carbonyl (C=O) groups is 1. The predicted molar refractivity (Wildman–Crippen MR) is 121 cm³/mol. The first-order valence-corrected chi connectivity index (χ1v) is 11.0. The van der Waals surface area contributed by atoms with Crippen LogP contribution in [-0.2, 0) is 17.8 Å². The first-order chi connectivity index (χ1) is 15.0. The maximum Gasteiger partial charge on any atom is 0.337 e. The fourth-order valence-electron chi connectivity index (χ4n) is 2.91. The molecule has 0 unspecified atom stereocenters. The van der Waals surface area contributed by atoms with Crippen LogP contribution in [0.1, 0.15) is 18.1 Å². The number of carbonyl (C=O) groups excluding carboxylic acids is 1. The van der Waals surface area contributed by atoms with Crippen molar-refractivity contribution in [2.24, 2.45) is 5.10 Å². The van der Waals surface area contributed by atoms with Crippen molar-refractivity contribution < 1.29 is 14.5 Å². The predicted octanol–water partition coefficient (Wildman–Crippen LogP) is 3.08. The van der Waals surface area contributed by atoms with Crippen molar-refractivity contribution in [1.82, 2.24) is 15.6 Å². The van der Waals surface area contributed by atoms with Crippen LogP contribution in [0.25, 0.3) is 11.4 Å². The largest absolute Gasteiger partial charge is 0.872 e. The number of allylic oxidation sites excluding steroid dienone is 1. The molecule has 0 aliphatic carbocycles. The Balaban J connectivity index is 1.60. The van der Waals surface area contributed by atoms with Crippen molar-refractivity contribution in [3.8, 4) is 17.1 Å². The standard InChI is InChI=1S/C22H22ClN5O2S/c1-3-6-15-7-5-8-17(20(15)30)13-24-25-19(29)14-31-22-27-26-21(28(22)4-2)16-9-11-18(23)12-10-16/h3,5,7-13H,1,4,6,14H2,2H3,(H2,24,25,29,30). The zero-order valence-electron chi connectivity index (χ0n) is 17.0. The fraction of sp³-hybridized carbons (Fsp3) is 0.182. The van der Waals surface area contributed by atoms with Gasteiger partial charge in [0.1, 0.15) is 0 Å². The molecule has 0 saturated heterocycles. The number of benzene rings is 2. The summed E-state index contributed by atoms with van der Waals surface area (Å²) >= 11 is 7.25. The number of hydrogen-bond acceptors (Lipinski definition) is 5. The van der Waals surface area contributed by atoms with Crippen LogP contribution in [0, 0.1) is 0 Å². The number of aromatic amines is 1. The number of nitrogens with one attached hydrogen (secondary N) is 2. The molecule has 0 spiro atoms. The van der Waals surface area contributed by atoms with Gasteiger partial charge >= 0.3 is 5.16 Å². The molecule has 0 atom stereocenters. The number of amides is 1. The lowest BCUT2D eigenvalue weighted by Gasteiger charge is -2.15. The zero-order valence-corrected chi connectivity index (χ0v) is 18.5. The number of thioether (sulfide) groups is 1. The number of halogens is 1. The lowest BCUT2D eigenvalue weighted by atomic mass is 10.1. The third-order valence-corrected chi connectivity index (χ3v) is 5.64. The molecule has 0 saturated carbocycles. The molecule has 0 aliphatic heterocycles. The van der Waals surface area contributed by atoms with E-state index < -0.39 is 0 Å². The van der Waals surface area contributed by atoms with E-state index in [1.807, 2.05) is 35.8 Å². The Morgan fingerprint density at radius 3 is 2.84 bits per heavy atom. The van der Waals surface area contributed by atoms with Crippen molar-refractivity contribution in [2.75, 3.05) is 5.75 Å². The minimum atomic E-state index is -0.297. The van der Waals surface area contributed by atoms with Gasteiger partial charge in [-0.2, -0.15) is 5.10 Å². The van der Waals surface area contributed by atoms with Crippen LogP contribution in [0.3, 0.4) is 0 Å². The van der Waals surface area contributed by atoms with E-state index in [0.29, 0.717) is 34.3 Å². The van der Waals surface area contributed by atoms with Gasteiger partial charge in [0.15, 0.2) is 0 Å². The highest BCUT2D eigenvalue weighted by Crippen LogP contribution is 2.20. The molecule has 2 aromatic carbocycles. The van der Waals surface area contributed by atoms with Crippen LogP contribution in [0.15, 0.2) is 65.4 Å². The van der Waals surface area contributed by atoms with Gasteiger partial charge in [0.25, 0.3) is 11.7 Å². The second kappa shape index (κ2) is 10.8. The molecule has 0 fully saturated rings. The monoisotopic (exact) mass is 455 g/mol. The number of hydrazone groups is 1. The molecule has 160 valence electrons. The molecule has 0 radical (unpaired) electrons. The quantitative estimate of drug-likeness (QED) is 0.170. The van der Waals surface area contributed by atoms with Gasteiger partial charge in [0, 0.05) is 5.02 Å². The summed E-state index contributed by atoms with van der Waals surface area (Å²) in [7, 11) is 0. The summed E-state index contributed by atoms with van der Waals surface area (Å²) in [6.07, 6.45) is 3.52. The Morgan fingerprint density at radius 1 is 1.35 bits per heavy atom. The first-order valence-electron chi connectivity index (χ1n) is 9.62. The van der Waals surface area contributed by atoms with Crippen molar-refractivity contribution in [3.05, 3.63) is 71.3 Å². The second-order valence-electron chi connectivity index (χ2n) is 6.52. The van der Waals surface area contributed by atoms with Crippen LogP contribution in [0.5, 0.6) is 5.75 Å². The molecule has 0 bridgehead atoms. The summed E-state index contributed by atoms with van der Waals surface area (Å²) in [6.45, 7) is 6.33.